The minimum atomic E-state index is 0.279. The number of rotatable bonds is 4. The number of nitrogens with one attached hydrogen (secondary N) is 1. The van der Waals surface area contributed by atoms with Crippen LogP contribution >= 0.6 is 23.5 Å². The molecule has 4 aliphatic rings. The number of benzene rings is 4. The van der Waals surface area contributed by atoms with Gasteiger partial charge in [-0.25, -0.2) is 0 Å². The summed E-state index contributed by atoms with van der Waals surface area (Å²) in [6.07, 6.45) is 14.7. The van der Waals surface area contributed by atoms with Gasteiger partial charge in [0.15, 0.2) is 0 Å². The van der Waals surface area contributed by atoms with Gasteiger partial charge in [-0.1, -0.05) is 108 Å². The zero-order valence-corrected chi connectivity index (χ0v) is 25.9. The molecule has 2 unspecified atom stereocenters. The average molecular weight is 595 g/mol. The van der Waals surface area contributed by atoms with Crippen LogP contribution in [0.2, 0.25) is 0 Å². The van der Waals surface area contributed by atoms with Gasteiger partial charge in [0.1, 0.15) is 0 Å². The summed E-state index contributed by atoms with van der Waals surface area (Å²) in [7, 11) is 2.20. The molecule has 4 aromatic rings. The Morgan fingerprint density at radius 3 is 2.21 bits per heavy atom. The summed E-state index contributed by atoms with van der Waals surface area (Å²) in [5, 5.41) is 5.34. The van der Waals surface area contributed by atoms with E-state index in [9.17, 15) is 0 Å². The molecule has 0 amide bonds. The van der Waals surface area contributed by atoms with Crippen LogP contribution in [0.4, 0.5) is 11.4 Å². The summed E-state index contributed by atoms with van der Waals surface area (Å²) < 4.78 is 0. The van der Waals surface area contributed by atoms with Crippen LogP contribution < -0.4 is 10.2 Å². The van der Waals surface area contributed by atoms with Gasteiger partial charge in [-0.3, -0.25) is 0 Å². The highest BCUT2D eigenvalue weighted by molar-refractivity contribution is 8.03. The predicted molar refractivity (Wildman–Crippen MR) is 186 cm³/mol. The van der Waals surface area contributed by atoms with E-state index in [-0.39, 0.29) is 5.37 Å². The molecule has 43 heavy (non-hydrogen) atoms. The summed E-state index contributed by atoms with van der Waals surface area (Å²) in [6.45, 7) is 0. The molecule has 212 valence electrons. The fourth-order valence-corrected chi connectivity index (χ4v) is 8.98. The maximum Gasteiger partial charge on any atom is 0.0962 e. The Morgan fingerprint density at radius 2 is 1.44 bits per heavy atom. The summed E-state index contributed by atoms with van der Waals surface area (Å²) in [4.78, 5) is 5.03. The number of hydrogen-bond donors (Lipinski definition) is 1. The highest BCUT2D eigenvalue weighted by atomic mass is 32.2. The van der Waals surface area contributed by atoms with Crippen molar-refractivity contribution in [2.24, 2.45) is 5.92 Å². The third-order valence-electron chi connectivity index (χ3n) is 9.03. The highest BCUT2D eigenvalue weighted by Crippen LogP contribution is 2.48. The van der Waals surface area contributed by atoms with Crippen molar-refractivity contribution >= 4 is 34.9 Å². The molecule has 2 aliphatic carbocycles. The number of nitrogens with zero attached hydrogens (tertiary/aromatic N) is 1. The SMILES string of the molecule is CN1C(=CC2=CC3=CC(=CC4Nc5ccc(-c6ccccc6)cc5S4)CCC3CC2)Sc2cc(-c3ccccc3)ccc21. The maximum atomic E-state index is 3.74. The standard InChI is InChI=1S/C39H34N2S2/c1-41-35-19-17-32(29-10-6-3-7-11-29)25-37(35)43-39(41)23-27-13-15-30-14-12-26(20-33(30)21-27)22-38-40-34-18-16-31(24-36(34)42-38)28-8-4-2-5-9-28/h2-11,16-25,30,38,40H,12-15H2,1H3. The third kappa shape index (κ3) is 5.39. The smallest absolute Gasteiger partial charge is 0.0962 e. The molecule has 0 bridgehead atoms. The largest absolute Gasteiger partial charge is 0.369 e. The Hall–Kier alpha value is -3.86. The van der Waals surface area contributed by atoms with Crippen molar-refractivity contribution in [2.45, 2.75) is 40.8 Å². The first kappa shape index (κ1) is 26.7. The second-order valence-electron chi connectivity index (χ2n) is 11.8. The molecule has 1 N–H and O–H groups in total. The van der Waals surface area contributed by atoms with Gasteiger partial charge in [0.05, 0.1) is 16.1 Å². The lowest BCUT2D eigenvalue weighted by molar-refractivity contribution is 0.502. The second kappa shape index (κ2) is 11.3. The van der Waals surface area contributed by atoms with Crippen molar-refractivity contribution in [2.75, 3.05) is 17.3 Å². The second-order valence-corrected chi connectivity index (χ2v) is 14.1. The minimum absolute atomic E-state index is 0.279. The van der Waals surface area contributed by atoms with Crippen LogP contribution in [0, 0.1) is 5.92 Å². The van der Waals surface area contributed by atoms with Gasteiger partial charge in [-0.2, -0.15) is 0 Å². The zero-order valence-electron chi connectivity index (χ0n) is 24.3. The van der Waals surface area contributed by atoms with E-state index in [0.717, 1.165) is 6.42 Å². The molecule has 2 aliphatic heterocycles. The van der Waals surface area contributed by atoms with Crippen molar-refractivity contribution in [3.05, 3.63) is 143 Å². The van der Waals surface area contributed by atoms with E-state index in [1.54, 1.807) is 0 Å². The van der Waals surface area contributed by atoms with Gasteiger partial charge in [-0.15, -0.1) is 0 Å². The summed E-state index contributed by atoms with van der Waals surface area (Å²) in [6, 6.07) is 35.0. The third-order valence-corrected chi connectivity index (χ3v) is 11.3. The molecule has 4 heteroatoms. The Bertz CT molecular complexity index is 1820. The van der Waals surface area contributed by atoms with E-state index < -0.39 is 0 Å². The topological polar surface area (TPSA) is 15.3 Å². The first-order valence-corrected chi connectivity index (χ1v) is 16.9. The molecule has 2 heterocycles. The van der Waals surface area contributed by atoms with Crippen molar-refractivity contribution in [1.82, 2.24) is 0 Å². The molecule has 0 fully saturated rings. The van der Waals surface area contributed by atoms with Crippen LogP contribution in [0.3, 0.4) is 0 Å². The summed E-state index contributed by atoms with van der Waals surface area (Å²) in [5.41, 5.74) is 12.1. The van der Waals surface area contributed by atoms with Gasteiger partial charge >= 0.3 is 0 Å². The fraction of sp³-hybridized carbons (Fsp3) is 0.179. The van der Waals surface area contributed by atoms with Crippen LogP contribution in [0.5, 0.6) is 0 Å². The predicted octanol–water partition coefficient (Wildman–Crippen LogP) is 10.9. The first-order valence-electron chi connectivity index (χ1n) is 15.2. The van der Waals surface area contributed by atoms with Crippen LogP contribution in [0.25, 0.3) is 22.3 Å². The van der Waals surface area contributed by atoms with Crippen LogP contribution in [-0.4, -0.2) is 12.4 Å². The van der Waals surface area contributed by atoms with Crippen molar-refractivity contribution < 1.29 is 0 Å². The lowest BCUT2D eigenvalue weighted by Gasteiger charge is -2.29. The molecule has 0 spiro atoms. The number of thioether (sulfide) groups is 2. The molecular weight excluding hydrogens is 561 g/mol. The lowest BCUT2D eigenvalue weighted by Crippen LogP contribution is -2.15. The van der Waals surface area contributed by atoms with E-state index in [2.05, 4.69) is 139 Å². The monoisotopic (exact) mass is 594 g/mol. The molecular formula is C39H34N2S2. The first-order chi connectivity index (χ1) is 21.2. The van der Waals surface area contributed by atoms with E-state index in [1.807, 2.05) is 23.5 Å². The van der Waals surface area contributed by atoms with Gasteiger partial charge in [0, 0.05) is 22.5 Å². The lowest BCUT2D eigenvalue weighted by atomic mass is 9.77. The quantitative estimate of drug-likeness (QED) is 0.253. The highest BCUT2D eigenvalue weighted by Gasteiger charge is 2.27. The van der Waals surface area contributed by atoms with Crippen molar-refractivity contribution in [1.29, 1.82) is 0 Å². The van der Waals surface area contributed by atoms with E-state index >= 15 is 0 Å². The Kier molecular flexibility index (Phi) is 7.05. The molecule has 2 nitrogen and oxygen atoms in total. The Morgan fingerprint density at radius 1 is 0.744 bits per heavy atom. The van der Waals surface area contributed by atoms with Crippen LogP contribution in [0.15, 0.2) is 153 Å². The summed E-state index contributed by atoms with van der Waals surface area (Å²) >= 11 is 3.83. The molecule has 8 rings (SSSR count). The molecule has 0 radical (unpaired) electrons. The van der Waals surface area contributed by atoms with Crippen molar-refractivity contribution in [3.63, 3.8) is 0 Å². The van der Waals surface area contributed by atoms with Gasteiger partial charge < -0.3 is 10.2 Å². The Balaban J connectivity index is 0.995. The number of anilines is 2. The normalized spacial score (nSPS) is 22.5. The molecule has 0 saturated heterocycles. The molecule has 4 aromatic carbocycles. The van der Waals surface area contributed by atoms with E-state index in [1.165, 1.54) is 84.4 Å². The zero-order chi connectivity index (χ0) is 28.8. The molecule has 0 aromatic heterocycles. The minimum Gasteiger partial charge on any atom is -0.369 e. The number of allylic oxidation sites excluding steroid dienone is 6. The van der Waals surface area contributed by atoms with E-state index in [4.69, 9.17) is 0 Å². The van der Waals surface area contributed by atoms with Crippen LogP contribution in [-0.2, 0) is 0 Å². The molecule has 2 atom stereocenters. The summed E-state index contributed by atoms with van der Waals surface area (Å²) in [5.74, 6) is 0.689. The number of fused-ring (bicyclic) bond motifs is 3. The maximum absolute atomic E-state index is 3.74. The van der Waals surface area contributed by atoms with Gasteiger partial charge in [-0.05, 0) is 107 Å². The van der Waals surface area contributed by atoms with Gasteiger partial charge in [0.25, 0.3) is 0 Å². The van der Waals surface area contributed by atoms with Crippen LogP contribution in [0.1, 0.15) is 25.7 Å². The number of hydrogen-bond acceptors (Lipinski definition) is 4. The Labute approximate surface area is 263 Å². The van der Waals surface area contributed by atoms with Crippen molar-refractivity contribution in [3.8, 4) is 22.3 Å². The fourth-order valence-electron chi connectivity index (χ4n) is 6.66. The van der Waals surface area contributed by atoms with E-state index in [0.29, 0.717) is 5.92 Å². The van der Waals surface area contributed by atoms with Gasteiger partial charge in [0.2, 0.25) is 0 Å². The average Bonchev–Trinajstić information content (AvgIpc) is 3.60. The molecule has 0 saturated carbocycles.